The van der Waals surface area contributed by atoms with Crippen molar-refractivity contribution in [2.45, 2.75) is 6.54 Å². The molecule has 0 unspecified atom stereocenters. The average molecular weight is 259 g/mol. The molecule has 0 atom stereocenters. The van der Waals surface area contributed by atoms with Gasteiger partial charge >= 0.3 is 5.97 Å². The van der Waals surface area contributed by atoms with Crippen molar-refractivity contribution in [3.05, 3.63) is 45.9 Å². The molecule has 2 aromatic rings. The number of aromatic nitrogens is 1. The van der Waals surface area contributed by atoms with Gasteiger partial charge in [0, 0.05) is 5.38 Å². The molecule has 0 spiro atoms. The van der Waals surface area contributed by atoms with E-state index in [1.54, 1.807) is 23.6 Å². The Labute approximate surface area is 107 Å². The van der Waals surface area contributed by atoms with E-state index in [4.69, 9.17) is 10.4 Å². The molecule has 2 N–H and O–H groups in total. The summed E-state index contributed by atoms with van der Waals surface area (Å²) >= 11 is 1.09. The Hall–Kier alpha value is -2.39. The van der Waals surface area contributed by atoms with Crippen LogP contribution in [-0.4, -0.2) is 16.1 Å². The minimum atomic E-state index is -1.02. The van der Waals surface area contributed by atoms with Gasteiger partial charge in [-0.3, -0.25) is 0 Å². The predicted octanol–water partition coefficient (Wildman–Crippen LogP) is 2.33. The molecule has 0 amide bonds. The molecule has 0 aliphatic carbocycles. The molecule has 0 saturated heterocycles. The van der Waals surface area contributed by atoms with Gasteiger partial charge in [0.25, 0.3) is 0 Å². The zero-order chi connectivity index (χ0) is 13.0. The largest absolute Gasteiger partial charge is 0.476 e. The van der Waals surface area contributed by atoms with Crippen molar-refractivity contribution in [3.63, 3.8) is 0 Å². The number of thiazole rings is 1. The number of anilines is 1. The van der Waals surface area contributed by atoms with E-state index >= 15 is 0 Å². The second-order valence-electron chi connectivity index (χ2n) is 3.46. The molecule has 90 valence electrons. The van der Waals surface area contributed by atoms with Crippen LogP contribution in [0.15, 0.2) is 29.6 Å². The lowest BCUT2D eigenvalue weighted by Crippen LogP contribution is -2.02. The molecule has 6 heteroatoms. The van der Waals surface area contributed by atoms with Gasteiger partial charge in [0.1, 0.15) is 6.07 Å². The summed E-state index contributed by atoms with van der Waals surface area (Å²) in [4.78, 5) is 14.6. The monoisotopic (exact) mass is 259 g/mol. The van der Waals surface area contributed by atoms with Crippen LogP contribution in [-0.2, 0) is 6.54 Å². The number of carboxylic acid groups (broad SMARTS) is 1. The number of nitriles is 1. The van der Waals surface area contributed by atoms with Crippen molar-refractivity contribution in [2.24, 2.45) is 0 Å². The molecule has 0 aliphatic rings. The summed E-state index contributed by atoms with van der Waals surface area (Å²) in [6, 6.07) is 9.20. The fourth-order valence-electron chi connectivity index (χ4n) is 1.41. The number of carboxylic acids is 1. The van der Waals surface area contributed by atoms with Gasteiger partial charge in [-0.2, -0.15) is 5.26 Å². The molecule has 1 aromatic heterocycles. The summed E-state index contributed by atoms with van der Waals surface area (Å²) in [6.45, 7) is 0.391. The molecule has 0 fully saturated rings. The van der Waals surface area contributed by atoms with Gasteiger partial charge in [0.15, 0.2) is 0 Å². The van der Waals surface area contributed by atoms with E-state index in [0.29, 0.717) is 23.5 Å². The summed E-state index contributed by atoms with van der Waals surface area (Å²) in [6.07, 6.45) is 0. The van der Waals surface area contributed by atoms with Crippen LogP contribution in [0.1, 0.15) is 21.1 Å². The van der Waals surface area contributed by atoms with Crippen LogP contribution in [0.4, 0.5) is 5.69 Å². The molecular formula is C12H9N3O2S. The van der Waals surface area contributed by atoms with Crippen molar-refractivity contribution in [1.82, 2.24) is 4.98 Å². The van der Waals surface area contributed by atoms with Gasteiger partial charge in [-0.05, 0) is 12.1 Å². The van der Waals surface area contributed by atoms with Crippen LogP contribution < -0.4 is 5.32 Å². The number of carbonyl (C=O) groups is 1. The standard InChI is InChI=1S/C12H9N3O2S/c13-5-8-3-1-2-4-10(8)14-6-9-7-18-11(15-9)12(16)17/h1-4,7,14H,6H2,(H,16,17). The highest BCUT2D eigenvalue weighted by Crippen LogP contribution is 2.16. The molecule has 0 bridgehead atoms. The van der Waals surface area contributed by atoms with Gasteiger partial charge in [0.2, 0.25) is 5.01 Å². The van der Waals surface area contributed by atoms with Crippen LogP contribution in [0, 0.1) is 11.3 Å². The zero-order valence-corrected chi connectivity index (χ0v) is 10.1. The van der Waals surface area contributed by atoms with Crippen LogP contribution in [0.25, 0.3) is 0 Å². The summed E-state index contributed by atoms with van der Waals surface area (Å²) < 4.78 is 0. The number of nitrogens with zero attached hydrogens (tertiary/aromatic N) is 2. The number of rotatable bonds is 4. The van der Waals surface area contributed by atoms with Gasteiger partial charge in [0.05, 0.1) is 23.5 Å². The van der Waals surface area contributed by atoms with Crippen molar-refractivity contribution in [1.29, 1.82) is 5.26 Å². The lowest BCUT2D eigenvalue weighted by Gasteiger charge is -2.05. The first-order valence-electron chi connectivity index (χ1n) is 5.11. The van der Waals surface area contributed by atoms with Crippen LogP contribution >= 0.6 is 11.3 Å². The van der Waals surface area contributed by atoms with E-state index in [1.807, 2.05) is 6.07 Å². The lowest BCUT2D eigenvalue weighted by atomic mass is 10.2. The number of aromatic carboxylic acids is 1. The van der Waals surface area contributed by atoms with Crippen LogP contribution in [0.2, 0.25) is 0 Å². The van der Waals surface area contributed by atoms with Crippen molar-refractivity contribution < 1.29 is 9.90 Å². The first-order chi connectivity index (χ1) is 8.70. The van der Waals surface area contributed by atoms with Gasteiger partial charge < -0.3 is 10.4 Å². The molecule has 2 rings (SSSR count). The quantitative estimate of drug-likeness (QED) is 0.880. The Morgan fingerprint density at radius 1 is 1.50 bits per heavy atom. The highest BCUT2D eigenvalue weighted by atomic mass is 32.1. The maximum absolute atomic E-state index is 10.7. The smallest absolute Gasteiger partial charge is 0.365 e. The summed E-state index contributed by atoms with van der Waals surface area (Å²) in [5, 5.41) is 22.5. The van der Waals surface area contributed by atoms with Gasteiger partial charge in [-0.25, -0.2) is 9.78 Å². The Morgan fingerprint density at radius 2 is 2.28 bits per heavy atom. The van der Waals surface area contributed by atoms with E-state index in [0.717, 1.165) is 11.3 Å². The van der Waals surface area contributed by atoms with Crippen molar-refractivity contribution >= 4 is 23.0 Å². The van der Waals surface area contributed by atoms with Crippen molar-refractivity contribution in [2.75, 3.05) is 5.32 Å². The Bertz CT molecular complexity index is 616. The SMILES string of the molecule is N#Cc1ccccc1NCc1csc(C(=O)O)n1. The third-order valence-corrected chi connectivity index (χ3v) is 3.12. The fourth-order valence-corrected chi connectivity index (χ4v) is 2.06. The van der Waals surface area contributed by atoms with E-state index < -0.39 is 5.97 Å². The maximum atomic E-state index is 10.7. The third-order valence-electron chi connectivity index (χ3n) is 2.24. The van der Waals surface area contributed by atoms with Crippen molar-refractivity contribution in [3.8, 4) is 6.07 Å². The molecule has 1 aromatic carbocycles. The number of hydrogen-bond donors (Lipinski definition) is 2. The molecule has 18 heavy (non-hydrogen) atoms. The third kappa shape index (κ3) is 2.64. The topological polar surface area (TPSA) is 86.0 Å². The number of hydrogen-bond acceptors (Lipinski definition) is 5. The Kier molecular flexibility index (Phi) is 3.55. The molecule has 0 radical (unpaired) electrons. The van der Waals surface area contributed by atoms with Gasteiger partial charge in [-0.1, -0.05) is 12.1 Å². The second kappa shape index (κ2) is 5.29. The van der Waals surface area contributed by atoms with E-state index in [-0.39, 0.29) is 5.01 Å². The normalized spacial score (nSPS) is 9.72. The van der Waals surface area contributed by atoms with Crippen LogP contribution in [0.5, 0.6) is 0 Å². The van der Waals surface area contributed by atoms with Gasteiger partial charge in [-0.15, -0.1) is 11.3 Å². The summed E-state index contributed by atoms with van der Waals surface area (Å²) in [5.41, 5.74) is 1.90. The molecule has 1 heterocycles. The number of para-hydroxylation sites is 1. The fraction of sp³-hybridized carbons (Fsp3) is 0.0833. The van der Waals surface area contributed by atoms with E-state index in [9.17, 15) is 4.79 Å². The number of nitrogens with one attached hydrogen (secondary N) is 1. The summed E-state index contributed by atoms with van der Waals surface area (Å²) in [5.74, 6) is -1.02. The second-order valence-corrected chi connectivity index (χ2v) is 4.32. The molecule has 5 nitrogen and oxygen atoms in total. The molecule has 0 aliphatic heterocycles. The molecule has 0 saturated carbocycles. The molecular weight excluding hydrogens is 250 g/mol. The number of benzene rings is 1. The van der Waals surface area contributed by atoms with Crippen LogP contribution in [0.3, 0.4) is 0 Å². The Morgan fingerprint density at radius 3 is 2.94 bits per heavy atom. The highest BCUT2D eigenvalue weighted by Gasteiger charge is 2.09. The first kappa shape index (κ1) is 12.1. The predicted molar refractivity (Wildman–Crippen MR) is 67.6 cm³/mol. The Balaban J connectivity index is 2.07. The minimum Gasteiger partial charge on any atom is -0.476 e. The average Bonchev–Trinajstić information content (AvgIpc) is 2.85. The highest BCUT2D eigenvalue weighted by molar-refractivity contribution is 7.11. The van der Waals surface area contributed by atoms with E-state index in [1.165, 1.54) is 0 Å². The summed E-state index contributed by atoms with van der Waals surface area (Å²) in [7, 11) is 0. The minimum absolute atomic E-state index is 0.0698. The lowest BCUT2D eigenvalue weighted by molar-refractivity contribution is 0.0696. The maximum Gasteiger partial charge on any atom is 0.365 e. The van der Waals surface area contributed by atoms with E-state index in [2.05, 4.69) is 16.4 Å². The zero-order valence-electron chi connectivity index (χ0n) is 9.25. The first-order valence-corrected chi connectivity index (χ1v) is 5.99.